The van der Waals surface area contributed by atoms with Crippen LogP contribution in [-0.2, 0) is 0 Å². The summed E-state index contributed by atoms with van der Waals surface area (Å²) < 4.78 is 16.7. The highest BCUT2D eigenvalue weighted by Crippen LogP contribution is 2.70. The van der Waals surface area contributed by atoms with E-state index in [4.69, 9.17) is 0 Å². The van der Waals surface area contributed by atoms with Crippen LogP contribution in [0.5, 0.6) is 0 Å². The van der Waals surface area contributed by atoms with Gasteiger partial charge in [-0.25, -0.2) is 4.39 Å². The maximum Gasteiger partial charge on any atom is 0.145 e. The molecule has 0 aliphatic heterocycles. The third-order valence-electron chi connectivity index (χ3n) is 9.34. The molecule has 1 N–H and O–H groups in total. The molecule has 4 rings (SSSR count). The smallest absolute Gasteiger partial charge is 0.145 e. The molecule has 132 valence electrons. The average molecular weight is 323 g/mol. The summed E-state index contributed by atoms with van der Waals surface area (Å²) in [6.07, 6.45) is 10.4. The van der Waals surface area contributed by atoms with E-state index in [9.17, 15) is 5.11 Å². The van der Waals surface area contributed by atoms with Crippen molar-refractivity contribution in [2.75, 3.05) is 0 Å². The van der Waals surface area contributed by atoms with Crippen molar-refractivity contribution < 1.29 is 9.50 Å². The Kier molecular flexibility index (Phi) is 3.69. The predicted molar refractivity (Wildman–Crippen MR) is 91.9 cm³/mol. The summed E-state index contributed by atoms with van der Waals surface area (Å²) in [5.74, 6) is 1.79. The van der Waals surface area contributed by atoms with Gasteiger partial charge in [0, 0.05) is 5.41 Å². The van der Waals surface area contributed by atoms with E-state index in [0.717, 1.165) is 19.3 Å². The van der Waals surface area contributed by atoms with Gasteiger partial charge in [0.05, 0.1) is 6.10 Å². The molecule has 4 fully saturated rings. The Morgan fingerprint density at radius 3 is 2.48 bits per heavy atom. The van der Waals surface area contributed by atoms with Gasteiger partial charge in [0.25, 0.3) is 0 Å². The third kappa shape index (κ3) is 1.88. The van der Waals surface area contributed by atoms with Gasteiger partial charge in [0.1, 0.15) is 5.67 Å². The second-order valence-corrected chi connectivity index (χ2v) is 9.83. The summed E-state index contributed by atoms with van der Waals surface area (Å²) in [4.78, 5) is 0. The molecule has 2 heteroatoms. The maximum atomic E-state index is 16.7. The topological polar surface area (TPSA) is 20.2 Å². The quantitative estimate of drug-likeness (QED) is 0.675. The lowest BCUT2D eigenvalue weighted by Gasteiger charge is -2.65. The standard InChI is InChI=1S/C21H35FO/c1-4-14-8-10-16-17-11-9-15-7-5-6-12-20(15,3)21(17,22)18(23)13-19(14,16)2/h14-18,23H,4-13H2,1-3H3/t14-,15?,16-,17-,18?,19+,20-,21-/m0/s1. The minimum Gasteiger partial charge on any atom is -0.390 e. The number of alkyl halides is 1. The van der Waals surface area contributed by atoms with Crippen molar-refractivity contribution in [1.82, 2.24) is 0 Å². The van der Waals surface area contributed by atoms with Gasteiger partial charge in [0.15, 0.2) is 0 Å². The van der Waals surface area contributed by atoms with Crippen LogP contribution in [0.3, 0.4) is 0 Å². The molecule has 1 nitrogen and oxygen atoms in total. The van der Waals surface area contributed by atoms with Gasteiger partial charge in [-0.1, -0.05) is 40.0 Å². The molecule has 0 spiro atoms. The van der Waals surface area contributed by atoms with Crippen molar-refractivity contribution >= 4 is 0 Å². The zero-order valence-electron chi connectivity index (χ0n) is 15.3. The fraction of sp³-hybridized carbons (Fsp3) is 1.00. The highest BCUT2D eigenvalue weighted by molar-refractivity contribution is 5.19. The normalized spacial score (nSPS) is 59.1. The molecule has 0 radical (unpaired) electrons. The summed E-state index contributed by atoms with van der Waals surface area (Å²) in [7, 11) is 0. The second-order valence-electron chi connectivity index (χ2n) is 9.83. The van der Waals surface area contributed by atoms with E-state index in [1.807, 2.05) is 0 Å². The molecule has 8 atom stereocenters. The van der Waals surface area contributed by atoms with Crippen molar-refractivity contribution in [2.24, 2.45) is 34.5 Å². The van der Waals surface area contributed by atoms with Crippen molar-refractivity contribution in [1.29, 1.82) is 0 Å². The molecule has 0 bridgehead atoms. The molecule has 0 heterocycles. The fourth-order valence-corrected chi connectivity index (χ4v) is 8.07. The Morgan fingerprint density at radius 1 is 1.00 bits per heavy atom. The molecule has 4 aliphatic carbocycles. The number of halogens is 1. The number of rotatable bonds is 1. The van der Waals surface area contributed by atoms with Crippen LogP contribution in [0.4, 0.5) is 4.39 Å². The zero-order chi connectivity index (χ0) is 16.5. The molecule has 2 unspecified atom stereocenters. The lowest BCUT2D eigenvalue weighted by molar-refractivity contribution is -0.244. The zero-order valence-corrected chi connectivity index (χ0v) is 15.3. The highest BCUT2D eigenvalue weighted by Gasteiger charge is 2.70. The van der Waals surface area contributed by atoms with Crippen LogP contribution < -0.4 is 0 Å². The Balaban J connectivity index is 1.75. The van der Waals surface area contributed by atoms with Gasteiger partial charge in [0.2, 0.25) is 0 Å². The molecular formula is C21H35FO. The van der Waals surface area contributed by atoms with Crippen molar-refractivity contribution in [2.45, 2.75) is 96.8 Å². The van der Waals surface area contributed by atoms with Gasteiger partial charge in [-0.05, 0) is 74.0 Å². The van der Waals surface area contributed by atoms with Crippen LogP contribution in [0.25, 0.3) is 0 Å². The van der Waals surface area contributed by atoms with Gasteiger partial charge in [-0.15, -0.1) is 0 Å². The molecular weight excluding hydrogens is 287 g/mol. The van der Waals surface area contributed by atoms with Crippen molar-refractivity contribution in [3.63, 3.8) is 0 Å². The van der Waals surface area contributed by atoms with E-state index in [1.165, 1.54) is 38.5 Å². The summed E-state index contributed by atoms with van der Waals surface area (Å²) in [5, 5.41) is 11.1. The first-order valence-corrected chi connectivity index (χ1v) is 10.2. The summed E-state index contributed by atoms with van der Waals surface area (Å²) >= 11 is 0. The van der Waals surface area contributed by atoms with E-state index in [1.54, 1.807) is 0 Å². The molecule has 0 aromatic heterocycles. The van der Waals surface area contributed by atoms with Gasteiger partial charge >= 0.3 is 0 Å². The van der Waals surface area contributed by atoms with E-state index >= 15 is 4.39 Å². The summed E-state index contributed by atoms with van der Waals surface area (Å²) in [6.45, 7) is 6.85. The van der Waals surface area contributed by atoms with E-state index in [0.29, 0.717) is 24.2 Å². The Bertz CT molecular complexity index is 478. The number of aliphatic hydroxyl groups excluding tert-OH is 1. The second kappa shape index (κ2) is 5.19. The molecule has 23 heavy (non-hydrogen) atoms. The average Bonchev–Trinajstić information content (AvgIpc) is 2.84. The molecule has 4 aliphatic rings. The van der Waals surface area contributed by atoms with Gasteiger partial charge in [-0.3, -0.25) is 0 Å². The Morgan fingerprint density at radius 2 is 1.74 bits per heavy atom. The van der Waals surface area contributed by atoms with Crippen LogP contribution in [0.1, 0.15) is 85.0 Å². The molecule has 0 aromatic rings. The first kappa shape index (κ1) is 16.4. The third-order valence-corrected chi connectivity index (χ3v) is 9.34. The van der Waals surface area contributed by atoms with Crippen LogP contribution in [0.2, 0.25) is 0 Å². The number of aliphatic hydroxyl groups is 1. The SMILES string of the molecule is CC[C@H]1CC[C@H]2[C@@H]3CCC4CCCC[C@]4(C)[C@@]3(F)C(O)C[C@]12C. The lowest BCUT2D eigenvalue weighted by Crippen LogP contribution is -2.68. The maximum absolute atomic E-state index is 16.7. The summed E-state index contributed by atoms with van der Waals surface area (Å²) in [5.41, 5.74) is -1.44. The van der Waals surface area contributed by atoms with E-state index < -0.39 is 11.8 Å². The van der Waals surface area contributed by atoms with Crippen LogP contribution in [0.15, 0.2) is 0 Å². The predicted octanol–water partition coefficient (Wildman–Crippen LogP) is 5.51. The first-order valence-electron chi connectivity index (χ1n) is 10.2. The Labute approximate surface area is 141 Å². The largest absolute Gasteiger partial charge is 0.390 e. The lowest BCUT2D eigenvalue weighted by atomic mass is 9.42. The molecule has 0 saturated heterocycles. The number of hydrogen-bond donors (Lipinski definition) is 1. The summed E-state index contributed by atoms with van der Waals surface area (Å²) in [6, 6.07) is 0. The Hall–Kier alpha value is -0.110. The molecule has 0 amide bonds. The van der Waals surface area contributed by atoms with E-state index in [-0.39, 0.29) is 16.7 Å². The minimum atomic E-state index is -1.33. The highest BCUT2D eigenvalue weighted by atomic mass is 19.1. The van der Waals surface area contributed by atoms with Crippen LogP contribution in [-0.4, -0.2) is 16.9 Å². The van der Waals surface area contributed by atoms with E-state index in [2.05, 4.69) is 20.8 Å². The number of fused-ring (bicyclic) bond motifs is 5. The fourth-order valence-electron chi connectivity index (χ4n) is 8.07. The van der Waals surface area contributed by atoms with Crippen molar-refractivity contribution in [3.8, 4) is 0 Å². The first-order chi connectivity index (χ1) is 10.9. The van der Waals surface area contributed by atoms with Gasteiger partial charge in [-0.2, -0.15) is 0 Å². The van der Waals surface area contributed by atoms with Crippen LogP contribution >= 0.6 is 0 Å². The molecule has 4 saturated carbocycles. The van der Waals surface area contributed by atoms with Crippen LogP contribution in [0, 0.1) is 34.5 Å². The monoisotopic (exact) mass is 322 g/mol. The minimum absolute atomic E-state index is 0.104. The van der Waals surface area contributed by atoms with Crippen molar-refractivity contribution in [3.05, 3.63) is 0 Å². The molecule has 0 aromatic carbocycles. The number of hydrogen-bond acceptors (Lipinski definition) is 1. The van der Waals surface area contributed by atoms with Gasteiger partial charge < -0.3 is 5.11 Å².